The summed E-state index contributed by atoms with van der Waals surface area (Å²) in [7, 11) is 0. The van der Waals surface area contributed by atoms with Crippen LogP contribution in [0.5, 0.6) is 0 Å². The number of hydrogen-bond acceptors (Lipinski definition) is 4. The summed E-state index contributed by atoms with van der Waals surface area (Å²) in [6.45, 7) is 2.61. The number of nitrogens with zero attached hydrogens (tertiary/aromatic N) is 3. The smallest absolute Gasteiger partial charge is 0.321 e. The van der Waals surface area contributed by atoms with E-state index in [0.717, 1.165) is 5.69 Å². The van der Waals surface area contributed by atoms with E-state index in [-0.39, 0.29) is 11.7 Å². The van der Waals surface area contributed by atoms with Crippen LogP contribution < -0.4 is 10.2 Å². The van der Waals surface area contributed by atoms with Crippen molar-refractivity contribution in [1.29, 1.82) is 0 Å². The van der Waals surface area contributed by atoms with Crippen LogP contribution in [-0.4, -0.2) is 42.0 Å². The summed E-state index contributed by atoms with van der Waals surface area (Å²) in [6, 6.07) is 13.2. The fourth-order valence-corrected chi connectivity index (χ4v) is 2.89. The summed E-state index contributed by atoms with van der Waals surface area (Å²) >= 11 is 6.02. The number of hydrogen-bond donors (Lipinski definition) is 1. The number of piperazine rings is 1. The van der Waals surface area contributed by atoms with Gasteiger partial charge in [0.1, 0.15) is 0 Å². The molecule has 0 bridgehead atoms. The molecule has 1 heterocycles. The molecule has 1 fully saturated rings. The van der Waals surface area contributed by atoms with Gasteiger partial charge in [0.05, 0.1) is 4.92 Å². The van der Waals surface area contributed by atoms with Crippen LogP contribution in [0.15, 0.2) is 48.5 Å². The van der Waals surface area contributed by atoms with Gasteiger partial charge in [-0.05, 0) is 30.3 Å². The van der Waals surface area contributed by atoms with E-state index in [1.54, 1.807) is 4.90 Å². The zero-order valence-corrected chi connectivity index (χ0v) is 14.1. The molecule has 0 unspecified atom stereocenters. The predicted octanol–water partition coefficient (Wildman–Crippen LogP) is 3.60. The molecule has 8 heteroatoms. The van der Waals surface area contributed by atoms with E-state index in [0.29, 0.717) is 36.9 Å². The van der Waals surface area contributed by atoms with Gasteiger partial charge in [-0.2, -0.15) is 0 Å². The van der Waals surface area contributed by atoms with E-state index >= 15 is 0 Å². The maximum Gasteiger partial charge on any atom is 0.321 e. The van der Waals surface area contributed by atoms with Crippen LogP contribution in [0.25, 0.3) is 0 Å². The van der Waals surface area contributed by atoms with Gasteiger partial charge in [-0.15, -0.1) is 0 Å². The molecule has 1 aliphatic rings. The lowest BCUT2D eigenvalue weighted by Gasteiger charge is -2.36. The van der Waals surface area contributed by atoms with Crippen molar-refractivity contribution >= 4 is 34.7 Å². The second-order valence-electron chi connectivity index (χ2n) is 5.69. The largest absolute Gasteiger partial charge is 0.368 e. The zero-order chi connectivity index (χ0) is 17.8. The van der Waals surface area contributed by atoms with Gasteiger partial charge in [0.2, 0.25) is 0 Å². The number of halogens is 1. The van der Waals surface area contributed by atoms with Gasteiger partial charge in [0.15, 0.2) is 0 Å². The van der Waals surface area contributed by atoms with Crippen LogP contribution in [0.2, 0.25) is 5.02 Å². The second kappa shape index (κ2) is 7.40. The zero-order valence-electron chi connectivity index (χ0n) is 13.4. The Balaban J connectivity index is 1.55. The van der Waals surface area contributed by atoms with Gasteiger partial charge in [0, 0.05) is 54.7 Å². The standard InChI is InChI=1S/C17H17ClN4O3/c18-13-2-1-3-16(12-13)20-8-10-21(11-9-20)17(23)19-14-4-6-15(7-5-14)22(24)25/h1-7,12H,8-11H2,(H,19,23). The quantitative estimate of drug-likeness (QED) is 0.670. The first-order valence-corrected chi connectivity index (χ1v) is 8.21. The van der Waals surface area contributed by atoms with Crippen LogP contribution in [0, 0.1) is 10.1 Å². The first kappa shape index (κ1) is 17.0. The molecule has 0 aliphatic carbocycles. The van der Waals surface area contributed by atoms with E-state index in [1.807, 2.05) is 24.3 Å². The average Bonchev–Trinajstić information content (AvgIpc) is 2.62. The third-order valence-electron chi connectivity index (χ3n) is 4.07. The number of rotatable bonds is 3. The highest BCUT2D eigenvalue weighted by molar-refractivity contribution is 6.30. The summed E-state index contributed by atoms with van der Waals surface area (Å²) in [5, 5.41) is 14.1. The van der Waals surface area contributed by atoms with Gasteiger partial charge in [-0.25, -0.2) is 4.79 Å². The molecule has 3 rings (SSSR count). The fourth-order valence-electron chi connectivity index (χ4n) is 2.71. The molecule has 0 spiro atoms. The third-order valence-corrected chi connectivity index (χ3v) is 4.30. The Morgan fingerprint density at radius 1 is 1.08 bits per heavy atom. The molecule has 0 aromatic heterocycles. The number of non-ortho nitro benzene ring substituents is 1. The highest BCUT2D eigenvalue weighted by Gasteiger charge is 2.21. The number of carbonyl (C=O) groups is 1. The second-order valence-corrected chi connectivity index (χ2v) is 6.12. The van der Waals surface area contributed by atoms with E-state index < -0.39 is 4.92 Å². The van der Waals surface area contributed by atoms with Gasteiger partial charge < -0.3 is 15.1 Å². The van der Waals surface area contributed by atoms with Crippen molar-refractivity contribution < 1.29 is 9.72 Å². The summed E-state index contributed by atoms with van der Waals surface area (Å²) in [5.74, 6) is 0. The number of nitrogens with one attached hydrogen (secondary N) is 1. The Labute approximate surface area is 149 Å². The minimum atomic E-state index is -0.472. The Bertz CT molecular complexity index is 774. The van der Waals surface area contributed by atoms with E-state index in [1.165, 1.54) is 24.3 Å². The van der Waals surface area contributed by atoms with E-state index in [9.17, 15) is 14.9 Å². The first-order valence-electron chi connectivity index (χ1n) is 7.84. The molecular weight excluding hydrogens is 344 g/mol. The van der Waals surface area contributed by atoms with Crippen LogP contribution in [-0.2, 0) is 0 Å². The molecule has 0 atom stereocenters. The lowest BCUT2D eigenvalue weighted by atomic mass is 10.2. The number of anilines is 2. The summed E-state index contributed by atoms with van der Waals surface area (Å²) in [6.07, 6.45) is 0. The van der Waals surface area contributed by atoms with Crippen molar-refractivity contribution in [3.63, 3.8) is 0 Å². The normalized spacial score (nSPS) is 14.3. The van der Waals surface area contributed by atoms with Gasteiger partial charge in [0.25, 0.3) is 5.69 Å². The van der Waals surface area contributed by atoms with Crippen molar-refractivity contribution in [3.8, 4) is 0 Å². The van der Waals surface area contributed by atoms with Crippen LogP contribution in [0.1, 0.15) is 0 Å². The monoisotopic (exact) mass is 360 g/mol. The minimum absolute atomic E-state index is 0.00636. The average molecular weight is 361 g/mol. The molecule has 2 aromatic carbocycles. The molecule has 1 saturated heterocycles. The maximum absolute atomic E-state index is 12.3. The SMILES string of the molecule is O=C(Nc1ccc([N+](=O)[O-])cc1)N1CCN(c2cccc(Cl)c2)CC1. The van der Waals surface area contributed by atoms with Gasteiger partial charge in [-0.1, -0.05) is 17.7 Å². The van der Waals surface area contributed by atoms with E-state index in [2.05, 4.69) is 10.2 Å². The molecule has 1 aliphatic heterocycles. The van der Waals surface area contributed by atoms with Gasteiger partial charge in [-0.3, -0.25) is 10.1 Å². The Kier molecular flexibility index (Phi) is 5.04. The number of amides is 2. The number of nitro groups is 1. The highest BCUT2D eigenvalue weighted by Crippen LogP contribution is 2.21. The number of urea groups is 1. The molecule has 7 nitrogen and oxygen atoms in total. The number of carbonyl (C=O) groups excluding carboxylic acids is 1. The van der Waals surface area contributed by atoms with E-state index in [4.69, 9.17) is 11.6 Å². The highest BCUT2D eigenvalue weighted by atomic mass is 35.5. The summed E-state index contributed by atoms with van der Waals surface area (Å²) < 4.78 is 0. The van der Waals surface area contributed by atoms with Crippen molar-refractivity contribution in [2.75, 3.05) is 36.4 Å². The lowest BCUT2D eigenvalue weighted by Crippen LogP contribution is -2.50. The lowest BCUT2D eigenvalue weighted by molar-refractivity contribution is -0.384. The van der Waals surface area contributed by atoms with Gasteiger partial charge >= 0.3 is 6.03 Å². The predicted molar refractivity (Wildman–Crippen MR) is 97.4 cm³/mol. The number of benzene rings is 2. The third kappa shape index (κ3) is 4.19. The maximum atomic E-state index is 12.3. The van der Waals surface area contributed by atoms with Crippen molar-refractivity contribution in [1.82, 2.24) is 4.90 Å². The minimum Gasteiger partial charge on any atom is -0.368 e. The summed E-state index contributed by atoms with van der Waals surface area (Å²) in [5.41, 5.74) is 1.57. The fraction of sp³-hybridized carbons (Fsp3) is 0.235. The van der Waals surface area contributed by atoms with Crippen molar-refractivity contribution in [3.05, 3.63) is 63.7 Å². The van der Waals surface area contributed by atoms with Crippen LogP contribution in [0.4, 0.5) is 21.9 Å². The summed E-state index contributed by atoms with van der Waals surface area (Å²) in [4.78, 5) is 26.4. The number of nitro benzene ring substituents is 1. The Morgan fingerprint density at radius 3 is 2.36 bits per heavy atom. The topological polar surface area (TPSA) is 78.7 Å². The van der Waals surface area contributed by atoms with Crippen molar-refractivity contribution in [2.45, 2.75) is 0 Å². The molecule has 2 amide bonds. The molecule has 2 aromatic rings. The first-order chi connectivity index (χ1) is 12.0. The molecule has 0 radical (unpaired) electrons. The van der Waals surface area contributed by atoms with Crippen molar-refractivity contribution in [2.24, 2.45) is 0 Å². The van der Waals surface area contributed by atoms with Crippen LogP contribution >= 0.6 is 11.6 Å². The van der Waals surface area contributed by atoms with Crippen LogP contribution in [0.3, 0.4) is 0 Å². The Morgan fingerprint density at radius 2 is 1.76 bits per heavy atom. The Hall–Kier alpha value is -2.80. The molecular formula is C17H17ClN4O3. The molecule has 1 N–H and O–H groups in total. The molecule has 25 heavy (non-hydrogen) atoms. The molecule has 130 valence electrons. The molecule has 0 saturated carbocycles.